The molecule has 0 atom stereocenters. The third-order valence-corrected chi connectivity index (χ3v) is 2.95. The van der Waals surface area contributed by atoms with Crippen LogP contribution in [0.5, 0.6) is 0 Å². The Morgan fingerprint density at radius 3 is 2.88 bits per heavy atom. The van der Waals surface area contributed by atoms with Crippen molar-refractivity contribution in [3.63, 3.8) is 0 Å². The van der Waals surface area contributed by atoms with Crippen molar-refractivity contribution in [2.45, 2.75) is 13.5 Å². The van der Waals surface area contributed by atoms with Crippen LogP contribution in [0.3, 0.4) is 0 Å². The van der Waals surface area contributed by atoms with Gasteiger partial charge in [-0.3, -0.25) is 0 Å². The summed E-state index contributed by atoms with van der Waals surface area (Å²) in [5.41, 5.74) is 2.34. The van der Waals surface area contributed by atoms with Gasteiger partial charge in [-0.1, -0.05) is 29.8 Å². The monoisotopic (exact) mass is 233 g/mol. The number of benzene rings is 1. The molecular formula is C13H19N3O. The molecule has 1 heterocycles. The van der Waals surface area contributed by atoms with Crippen molar-refractivity contribution in [3.8, 4) is 0 Å². The summed E-state index contributed by atoms with van der Waals surface area (Å²) in [5, 5.41) is 8.92. The standard InChI is InChI=1S/C13H19N3O/c1-10-3-2-4-11(5-10)8-15-13(17)16-9-12-6-14-7-12/h2-5,12,14H,6-9H2,1H3,(H2,15,16,17). The van der Waals surface area contributed by atoms with Gasteiger partial charge in [0.2, 0.25) is 0 Å². The minimum absolute atomic E-state index is 0.0848. The molecule has 3 N–H and O–H groups in total. The number of hydrogen-bond acceptors (Lipinski definition) is 2. The largest absolute Gasteiger partial charge is 0.338 e. The van der Waals surface area contributed by atoms with E-state index in [1.165, 1.54) is 5.56 Å². The lowest BCUT2D eigenvalue weighted by molar-refractivity contribution is 0.235. The first kappa shape index (κ1) is 11.9. The molecular weight excluding hydrogens is 214 g/mol. The summed E-state index contributed by atoms with van der Waals surface area (Å²) in [5.74, 6) is 0.597. The molecule has 2 rings (SSSR count). The second-order valence-electron chi connectivity index (χ2n) is 4.58. The number of hydrogen-bond donors (Lipinski definition) is 3. The van der Waals surface area contributed by atoms with Gasteiger partial charge in [0.15, 0.2) is 0 Å². The van der Waals surface area contributed by atoms with Gasteiger partial charge in [0, 0.05) is 32.1 Å². The number of rotatable bonds is 4. The first-order valence-corrected chi connectivity index (χ1v) is 6.02. The molecule has 1 fully saturated rings. The van der Waals surface area contributed by atoms with Crippen molar-refractivity contribution in [2.75, 3.05) is 19.6 Å². The molecule has 2 amide bonds. The van der Waals surface area contributed by atoms with E-state index in [0.717, 1.165) is 25.2 Å². The number of carbonyl (C=O) groups is 1. The zero-order chi connectivity index (χ0) is 12.1. The highest BCUT2D eigenvalue weighted by Crippen LogP contribution is 2.03. The summed E-state index contributed by atoms with van der Waals surface area (Å²) in [4.78, 5) is 11.5. The van der Waals surface area contributed by atoms with E-state index >= 15 is 0 Å². The minimum Gasteiger partial charge on any atom is -0.338 e. The van der Waals surface area contributed by atoms with Crippen LogP contribution in [0.1, 0.15) is 11.1 Å². The molecule has 17 heavy (non-hydrogen) atoms. The van der Waals surface area contributed by atoms with E-state index in [-0.39, 0.29) is 6.03 Å². The highest BCUT2D eigenvalue weighted by atomic mass is 16.2. The fraction of sp³-hybridized carbons (Fsp3) is 0.462. The van der Waals surface area contributed by atoms with E-state index in [1.807, 2.05) is 25.1 Å². The summed E-state index contributed by atoms with van der Waals surface area (Å²) >= 11 is 0. The molecule has 0 aromatic heterocycles. The first-order chi connectivity index (χ1) is 8.24. The summed E-state index contributed by atoms with van der Waals surface area (Å²) < 4.78 is 0. The Labute approximate surface area is 102 Å². The molecule has 4 nitrogen and oxygen atoms in total. The third-order valence-electron chi connectivity index (χ3n) is 2.95. The van der Waals surface area contributed by atoms with Gasteiger partial charge in [0.25, 0.3) is 0 Å². The molecule has 92 valence electrons. The van der Waals surface area contributed by atoms with Gasteiger partial charge in [-0.2, -0.15) is 0 Å². The summed E-state index contributed by atoms with van der Waals surface area (Å²) in [6.45, 7) is 5.41. The Morgan fingerprint density at radius 1 is 1.41 bits per heavy atom. The van der Waals surface area contributed by atoms with E-state index in [4.69, 9.17) is 0 Å². The van der Waals surface area contributed by atoms with Crippen LogP contribution < -0.4 is 16.0 Å². The first-order valence-electron chi connectivity index (χ1n) is 6.02. The summed E-state index contributed by atoms with van der Waals surface area (Å²) in [6.07, 6.45) is 0. The van der Waals surface area contributed by atoms with Crippen LogP contribution in [0.4, 0.5) is 4.79 Å². The van der Waals surface area contributed by atoms with E-state index in [2.05, 4.69) is 22.0 Å². The lowest BCUT2D eigenvalue weighted by Gasteiger charge is -2.27. The van der Waals surface area contributed by atoms with Gasteiger partial charge >= 0.3 is 6.03 Å². The molecule has 1 aliphatic rings. The Bertz CT molecular complexity index is 388. The van der Waals surface area contributed by atoms with Crippen molar-refractivity contribution in [2.24, 2.45) is 5.92 Å². The molecule has 0 bridgehead atoms. The van der Waals surface area contributed by atoms with Gasteiger partial charge in [-0.25, -0.2) is 4.79 Å². The van der Waals surface area contributed by atoms with Gasteiger partial charge in [-0.15, -0.1) is 0 Å². The molecule has 0 unspecified atom stereocenters. The van der Waals surface area contributed by atoms with Crippen LogP contribution in [-0.2, 0) is 6.54 Å². The maximum Gasteiger partial charge on any atom is 0.315 e. The average Bonchev–Trinajstić information content (AvgIpc) is 2.24. The van der Waals surface area contributed by atoms with Crippen LogP contribution >= 0.6 is 0 Å². The van der Waals surface area contributed by atoms with Crippen molar-refractivity contribution >= 4 is 6.03 Å². The molecule has 0 aliphatic carbocycles. The van der Waals surface area contributed by atoms with Crippen molar-refractivity contribution in [1.82, 2.24) is 16.0 Å². The van der Waals surface area contributed by atoms with E-state index in [1.54, 1.807) is 0 Å². The van der Waals surface area contributed by atoms with Crippen LogP contribution in [0.2, 0.25) is 0 Å². The number of aryl methyl sites for hydroxylation is 1. The van der Waals surface area contributed by atoms with Crippen molar-refractivity contribution in [1.29, 1.82) is 0 Å². The van der Waals surface area contributed by atoms with E-state index < -0.39 is 0 Å². The van der Waals surface area contributed by atoms with Gasteiger partial charge in [0.1, 0.15) is 0 Å². The maximum absolute atomic E-state index is 11.5. The molecule has 1 saturated heterocycles. The van der Waals surface area contributed by atoms with E-state index in [9.17, 15) is 4.79 Å². The number of carbonyl (C=O) groups excluding carboxylic acids is 1. The Morgan fingerprint density at radius 2 is 2.24 bits per heavy atom. The number of nitrogens with one attached hydrogen (secondary N) is 3. The summed E-state index contributed by atoms with van der Waals surface area (Å²) in [6, 6.07) is 8.06. The molecule has 0 spiro atoms. The molecule has 1 aromatic rings. The fourth-order valence-corrected chi connectivity index (χ4v) is 1.80. The van der Waals surface area contributed by atoms with Gasteiger partial charge in [0.05, 0.1) is 0 Å². The Kier molecular flexibility index (Phi) is 3.98. The smallest absolute Gasteiger partial charge is 0.315 e. The molecule has 1 aliphatic heterocycles. The summed E-state index contributed by atoms with van der Waals surface area (Å²) in [7, 11) is 0. The fourth-order valence-electron chi connectivity index (χ4n) is 1.80. The van der Waals surface area contributed by atoms with Crippen LogP contribution in [0, 0.1) is 12.8 Å². The predicted molar refractivity (Wildman–Crippen MR) is 67.8 cm³/mol. The zero-order valence-corrected chi connectivity index (χ0v) is 10.1. The normalized spacial score (nSPS) is 15.1. The van der Waals surface area contributed by atoms with Crippen molar-refractivity contribution in [3.05, 3.63) is 35.4 Å². The maximum atomic E-state index is 11.5. The van der Waals surface area contributed by atoms with Crippen LogP contribution in [0.25, 0.3) is 0 Å². The Balaban J connectivity index is 1.68. The topological polar surface area (TPSA) is 53.2 Å². The number of amides is 2. The van der Waals surface area contributed by atoms with E-state index in [0.29, 0.717) is 12.5 Å². The minimum atomic E-state index is -0.0848. The van der Waals surface area contributed by atoms with Crippen molar-refractivity contribution < 1.29 is 4.79 Å². The third kappa shape index (κ3) is 3.75. The molecule has 1 aromatic carbocycles. The molecule has 0 saturated carbocycles. The van der Waals surface area contributed by atoms with Gasteiger partial charge in [-0.05, 0) is 12.5 Å². The van der Waals surface area contributed by atoms with Crippen LogP contribution in [0.15, 0.2) is 24.3 Å². The Hall–Kier alpha value is -1.55. The zero-order valence-electron chi connectivity index (χ0n) is 10.1. The SMILES string of the molecule is Cc1cccc(CNC(=O)NCC2CNC2)c1. The quantitative estimate of drug-likeness (QED) is 0.727. The second kappa shape index (κ2) is 5.68. The molecule has 4 heteroatoms. The lowest BCUT2D eigenvalue weighted by Crippen LogP contribution is -2.49. The average molecular weight is 233 g/mol. The highest BCUT2D eigenvalue weighted by molar-refractivity contribution is 5.73. The second-order valence-corrected chi connectivity index (χ2v) is 4.58. The number of urea groups is 1. The van der Waals surface area contributed by atoms with Crippen LogP contribution in [-0.4, -0.2) is 25.7 Å². The predicted octanol–water partition coefficient (Wildman–Crippen LogP) is 1.01. The van der Waals surface area contributed by atoms with Gasteiger partial charge < -0.3 is 16.0 Å². The lowest BCUT2D eigenvalue weighted by atomic mass is 10.0. The molecule has 0 radical (unpaired) electrons. The highest BCUT2D eigenvalue weighted by Gasteiger charge is 2.16.